The third-order valence-electron chi connectivity index (χ3n) is 4.25. The number of allylic oxidation sites excluding steroid dienone is 1. The number of esters is 1. The summed E-state index contributed by atoms with van der Waals surface area (Å²) in [5.41, 5.74) is 1.98. The Morgan fingerprint density at radius 3 is 2.60 bits per heavy atom. The number of ether oxygens (including phenoxy) is 2. The van der Waals surface area contributed by atoms with E-state index < -0.39 is 0 Å². The average molecular weight is 340 g/mol. The molecule has 25 heavy (non-hydrogen) atoms. The van der Waals surface area contributed by atoms with Gasteiger partial charge < -0.3 is 9.47 Å². The lowest BCUT2D eigenvalue weighted by Gasteiger charge is -2.08. The molecule has 0 N–H and O–H groups in total. The molecule has 2 aromatic rings. The van der Waals surface area contributed by atoms with E-state index in [1.807, 2.05) is 42.5 Å². The van der Waals surface area contributed by atoms with Gasteiger partial charge in [0, 0.05) is 6.42 Å². The normalized spacial score (nSPS) is 20.1. The zero-order valence-electron chi connectivity index (χ0n) is 13.9. The Balaban J connectivity index is 1.41. The molecule has 0 aromatic heterocycles. The molecule has 3 rings (SSSR count). The highest BCUT2D eigenvalue weighted by Gasteiger charge is 2.34. The molecule has 1 aliphatic rings. The van der Waals surface area contributed by atoms with Crippen molar-refractivity contribution in [1.29, 1.82) is 0 Å². The Labute approximate surface area is 147 Å². The Morgan fingerprint density at radius 1 is 1.08 bits per heavy atom. The van der Waals surface area contributed by atoms with Crippen molar-refractivity contribution in [3.63, 3.8) is 0 Å². The van der Waals surface area contributed by atoms with Crippen molar-refractivity contribution in [3.05, 3.63) is 83.7 Å². The van der Waals surface area contributed by atoms with Gasteiger partial charge in [-0.15, -0.1) is 0 Å². The molecule has 0 radical (unpaired) electrons. The van der Waals surface area contributed by atoms with Gasteiger partial charge in [0.25, 0.3) is 0 Å². The zero-order valence-corrected chi connectivity index (χ0v) is 13.9. The first kappa shape index (κ1) is 17.4. The van der Waals surface area contributed by atoms with E-state index in [1.54, 1.807) is 12.1 Å². The van der Waals surface area contributed by atoms with Gasteiger partial charge in [-0.2, -0.15) is 0 Å². The molecule has 0 saturated carbocycles. The van der Waals surface area contributed by atoms with Gasteiger partial charge in [-0.1, -0.05) is 54.6 Å². The maximum atomic E-state index is 13.0. The molecule has 1 fully saturated rings. The fraction of sp³-hybridized carbons (Fsp3) is 0.286. The molecule has 0 amide bonds. The molecule has 0 spiro atoms. The summed E-state index contributed by atoms with van der Waals surface area (Å²) in [6.07, 6.45) is 4.87. The molecule has 2 atom stereocenters. The van der Waals surface area contributed by atoms with Crippen molar-refractivity contribution in [3.8, 4) is 0 Å². The number of rotatable bonds is 7. The van der Waals surface area contributed by atoms with Crippen molar-refractivity contribution < 1.29 is 18.7 Å². The second kappa shape index (κ2) is 8.58. The fourth-order valence-corrected chi connectivity index (χ4v) is 2.86. The summed E-state index contributed by atoms with van der Waals surface area (Å²) < 4.78 is 24.0. The molecule has 0 aliphatic carbocycles. The van der Waals surface area contributed by atoms with E-state index in [0.717, 1.165) is 11.1 Å². The van der Waals surface area contributed by atoms with E-state index in [-0.39, 0.29) is 23.8 Å². The SMILES string of the molecule is O=C1O[C@@H](c2ccc(F)cc2)C[C@@H]1CC=CCOCc1ccccc1. The first-order valence-corrected chi connectivity index (χ1v) is 8.45. The van der Waals surface area contributed by atoms with Gasteiger partial charge in [0.15, 0.2) is 0 Å². The van der Waals surface area contributed by atoms with Crippen LogP contribution in [0.5, 0.6) is 0 Å². The molecule has 130 valence electrons. The molecule has 4 heteroatoms. The molecular formula is C21H21FO3. The smallest absolute Gasteiger partial charge is 0.310 e. The summed E-state index contributed by atoms with van der Waals surface area (Å²) in [5, 5.41) is 0. The summed E-state index contributed by atoms with van der Waals surface area (Å²) >= 11 is 0. The van der Waals surface area contributed by atoms with Crippen molar-refractivity contribution in [2.24, 2.45) is 5.92 Å². The highest BCUT2D eigenvalue weighted by molar-refractivity contribution is 5.75. The monoisotopic (exact) mass is 340 g/mol. The molecule has 0 unspecified atom stereocenters. The van der Waals surface area contributed by atoms with Gasteiger partial charge in [-0.05, 0) is 29.7 Å². The van der Waals surface area contributed by atoms with Gasteiger partial charge in [0.1, 0.15) is 11.9 Å². The topological polar surface area (TPSA) is 35.5 Å². The minimum Gasteiger partial charge on any atom is -0.457 e. The van der Waals surface area contributed by atoms with E-state index in [0.29, 0.717) is 26.1 Å². The van der Waals surface area contributed by atoms with Gasteiger partial charge in [-0.25, -0.2) is 4.39 Å². The lowest BCUT2D eigenvalue weighted by atomic mass is 9.97. The first-order valence-electron chi connectivity index (χ1n) is 8.45. The molecule has 2 aromatic carbocycles. The summed E-state index contributed by atoms with van der Waals surface area (Å²) in [5.74, 6) is -0.632. The van der Waals surface area contributed by atoms with Crippen LogP contribution in [-0.4, -0.2) is 12.6 Å². The highest BCUT2D eigenvalue weighted by atomic mass is 19.1. The van der Waals surface area contributed by atoms with Crippen LogP contribution >= 0.6 is 0 Å². The maximum Gasteiger partial charge on any atom is 0.310 e. The Morgan fingerprint density at radius 2 is 1.84 bits per heavy atom. The lowest BCUT2D eigenvalue weighted by molar-refractivity contribution is -0.144. The third-order valence-corrected chi connectivity index (χ3v) is 4.25. The van der Waals surface area contributed by atoms with E-state index >= 15 is 0 Å². The van der Waals surface area contributed by atoms with Crippen LogP contribution in [0.25, 0.3) is 0 Å². The molecule has 0 bridgehead atoms. The summed E-state index contributed by atoms with van der Waals surface area (Å²) in [6.45, 7) is 1.08. The predicted octanol–water partition coefficient (Wildman–Crippen LogP) is 4.59. The van der Waals surface area contributed by atoms with E-state index in [9.17, 15) is 9.18 Å². The van der Waals surface area contributed by atoms with Crippen LogP contribution in [-0.2, 0) is 20.9 Å². The van der Waals surface area contributed by atoms with Crippen LogP contribution in [0.1, 0.15) is 30.1 Å². The van der Waals surface area contributed by atoms with E-state index in [1.165, 1.54) is 12.1 Å². The Bertz CT molecular complexity index is 710. The van der Waals surface area contributed by atoms with E-state index in [4.69, 9.17) is 9.47 Å². The van der Waals surface area contributed by atoms with Crippen molar-refractivity contribution in [1.82, 2.24) is 0 Å². The number of hydrogen-bond donors (Lipinski definition) is 0. The number of halogens is 1. The minimum absolute atomic E-state index is 0.152. The van der Waals surface area contributed by atoms with Crippen LogP contribution in [0, 0.1) is 11.7 Å². The zero-order chi connectivity index (χ0) is 17.5. The Kier molecular flexibility index (Phi) is 5.96. The van der Waals surface area contributed by atoms with Crippen LogP contribution in [0.4, 0.5) is 4.39 Å². The van der Waals surface area contributed by atoms with Crippen LogP contribution in [0.3, 0.4) is 0 Å². The molecular weight excluding hydrogens is 319 g/mol. The summed E-state index contributed by atoms with van der Waals surface area (Å²) in [7, 11) is 0. The number of benzene rings is 2. The number of cyclic esters (lactones) is 1. The van der Waals surface area contributed by atoms with Crippen LogP contribution in [0.15, 0.2) is 66.7 Å². The number of hydrogen-bond acceptors (Lipinski definition) is 3. The molecule has 1 heterocycles. The highest BCUT2D eigenvalue weighted by Crippen LogP contribution is 2.35. The summed E-state index contributed by atoms with van der Waals surface area (Å²) in [6, 6.07) is 16.1. The van der Waals surface area contributed by atoms with Crippen LogP contribution < -0.4 is 0 Å². The largest absolute Gasteiger partial charge is 0.457 e. The second-order valence-corrected chi connectivity index (χ2v) is 6.12. The molecule has 3 nitrogen and oxygen atoms in total. The summed E-state index contributed by atoms with van der Waals surface area (Å²) in [4.78, 5) is 12.0. The van der Waals surface area contributed by atoms with Crippen LogP contribution in [0.2, 0.25) is 0 Å². The van der Waals surface area contributed by atoms with Gasteiger partial charge in [0.2, 0.25) is 0 Å². The minimum atomic E-state index is -0.289. The average Bonchev–Trinajstić information content (AvgIpc) is 3.00. The lowest BCUT2D eigenvalue weighted by Crippen LogP contribution is -2.06. The quantitative estimate of drug-likeness (QED) is 0.420. The third kappa shape index (κ3) is 5.00. The van der Waals surface area contributed by atoms with E-state index in [2.05, 4.69) is 0 Å². The molecule has 1 saturated heterocycles. The van der Waals surface area contributed by atoms with Crippen molar-refractivity contribution in [2.45, 2.75) is 25.6 Å². The molecule has 1 aliphatic heterocycles. The standard InChI is InChI=1S/C21H21FO3/c22-19-11-9-17(10-12-19)20-14-18(21(23)25-20)8-4-5-13-24-15-16-6-2-1-3-7-16/h1-7,9-12,18,20H,8,13-15H2/t18-,20+/m0/s1. The maximum absolute atomic E-state index is 13.0. The number of carbonyl (C=O) groups is 1. The fourth-order valence-electron chi connectivity index (χ4n) is 2.86. The predicted molar refractivity (Wildman–Crippen MR) is 93.2 cm³/mol. The van der Waals surface area contributed by atoms with Gasteiger partial charge in [0.05, 0.1) is 19.1 Å². The second-order valence-electron chi connectivity index (χ2n) is 6.12. The Hall–Kier alpha value is -2.46. The van der Waals surface area contributed by atoms with Gasteiger partial charge in [-0.3, -0.25) is 4.79 Å². The first-order chi connectivity index (χ1) is 12.2. The van der Waals surface area contributed by atoms with Crippen molar-refractivity contribution in [2.75, 3.05) is 6.61 Å². The van der Waals surface area contributed by atoms with Crippen molar-refractivity contribution >= 4 is 5.97 Å². The van der Waals surface area contributed by atoms with Gasteiger partial charge >= 0.3 is 5.97 Å². The number of carbonyl (C=O) groups excluding carboxylic acids is 1.